The van der Waals surface area contributed by atoms with Crippen LogP contribution in [-0.2, 0) is 9.59 Å². The standard InChI is InChI=1S/C18H24N4O3/c1-12-6-7-15(25-2)13(10-12)19-17(24)14-11-16(23)21-18(20-14)22-8-4-3-5-9-22/h6-7,10,14H,3-5,8-9,11H2,1-2H3,(H,19,24)(H,20,21,23)/t14-/m1/s1. The van der Waals surface area contributed by atoms with E-state index >= 15 is 0 Å². The first-order chi connectivity index (χ1) is 12.1. The zero-order chi connectivity index (χ0) is 17.8. The Labute approximate surface area is 147 Å². The van der Waals surface area contributed by atoms with Gasteiger partial charge < -0.3 is 15.0 Å². The van der Waals surface area contributed by atoms with Crippen molar-refractivity contribution in [2.45, 2.75) is 38.6 Å². The van der Waals surface area contributed by atoms with Crippen molar-refractivity contribution < 1.29 is 14.3 Å². The van der Waals surface area contributed by atoms with Gasteiger partial charge >= 0.3 is 0 Å². The molecular formula is C18H24N4O3. The fraction of sp³-hybridized carbons (Fsp3) is 0.500. The third-order valence-corrected chi connectivity index (χ3v) is 4.48. The van der Waals surface area contributed by atoms with Crippen LogP contribution in [0.2, 0.25) is 0 Å². The van der Waals surface area contributed by atoms with Crippen molar-refractivity contribution in [1.82, 2.24) is 10.2 Å². The second-order valence-electron chi connectivity index (χ2n) is 6.46. The van der Waals surface area contributed by atoms with Gasteiger partial charge in [0, 0.05) is 13.1 Å². The van der Waals surface area contributed by atoms with Crippen LogP contribution in [0.15, 0.2) is 23.2 Å². The molecule has 1 aromatic carbocycles. The number of amides is 2. The molecule has 2 aliphatic rings. The molecule has 3 rings (SSSR count). The van der Waals surface area contributed by atoms with Crippen molar-refractivity contribution in [3.05, 3.63) is 23.8 Å². The minimum Gasteiger partial charge on any atom is -0.495 e. The molecule has 2 aliphatic heterocycles. The second-order valence-corrected chi connectivity index (χ2v) is 6.46. The molecule has 1 aromatic rings. The number of rotatable bonds is 3. The van der Waals surface area contributed by atoms with E-state index in [0.717, 1.165) is 31.5 Å². The highest BCUT2D eigenvalue weighted by Crippen LogP contribution is 2.26. The molecule has 2 heterocycles. The van der Waals surface area contributed by atoms with Crippen LogP contribution in [0.1, 0.15) is 31.2 Å². The lowest BCUT2D eigenvalue weighted by atomic mass is 10.1. The van der Waals surface area contributed by atoms with Crippen LogP contribution in [0.25, 0.3) is 0 Å². The fourth-order valence-corrected chi connectivity index (χ4v) is 3.13. The number of aryl methyl sites for hydroxylation is 1. The summed E-state index contributed by atoms with van der Waals surface area (Å²) in [6, 6.07) is 4.83. The number of aliphatic imine (C=N–C) groups is 1. The van der Waals surface area contributed by atoms with Crippen LogP contribution in [0.3, 0.4) is 0 Å². The van der Waals surface area contributed by atoms with Crippen LogP contribution >= 0.6 is 0 Å². The molecule has 0 saturated carbocycles. The lowest BCUT2D eigenvalue weighted by Gasteiger charge is -2.32. The van der Waals surface area contributed by atoms with Crippen molar-refractivity contribution in [1.29, 1.82) is 0 Å². The highest BCUT2D eigenvalue weighted by molar-refractivity contribution is 6.06. The van der Waals surface area contributed by atoms with E-state index in [1.807, 2.05) is 24.0 Å². The number of carbonyl (C=O) groups is 2. The van der Waals surface area contributed by atoms with Gasteiger partial charge in [-0.1, -0.05) is 6.07 Å². The number of anilines is 1. The van der Waals surface area contributed by atoms with Crippen molar-refractivity contribution >= 4 is 23.5 Å². The number of guanidine groups is 1. The Hall–Kier alpha value is -2.57. The van der Waals surface area contributed by atoms with Crippen LogP contribution in [0, 0.1) is 6.92 Å². The Kier molecular flexibility index (Phi) is 5.21. The highest BCUT2D eigenvalue weighted by Gasteiger charge is 2.30. The Morgan fingerprint density at radius 1 is 1.32 bits per heavy atom. The zero-order valence-corrected chi connectivity index (χ0v) is 14.7. The Morgan fingerprint density at radius 2 is 2.08 bits per heavy atom. The Morgan fingerprint density at radius 3 is 2.80 bits per heavy atom. The van der Waals surface area contributed by atoms with E-state index in [4.69, 9.17) is 4.74 Å². The van der Waals surface area contributed by atoms with E-state index < -0.39 is 6.04 Å². The van der Waals surface area contributed by atoms with Gasteiger partial charge in [-0.2, -0.15) is 0 Å². The predicted molar refractivity (Wildman–Crippen MR) is 95.8 cm³/mol. The zero-order valence-electron chi connectivity index (χ0n) is 14.7. The first kappa shape index (κ1) is 17.3. The van der Waals surface area contributed by atoms with Crippen LogP contribution in [-0.4, -0.2) is 48.9 Å². The predicted octanol–water partition coefficient (Wildman–Crippen LogP) is 1.67. The van der Waals surface area contributed by atoms with E-state index in [9.17, 15) is 9.59 Å². The lowest BCUT2D eigenvalue weighted by molar-refractivity contribution is -0.125. The Balaban J connectivity index is 1.76. The summed E-state index contributed by atoms with van der Waals surface area (Å²) in [6.07, 6.45) is 3.39. The number of likely N-dealkylation sites (tertiary alicyclic amines) is 1. The minimum atomic E-state index is -0.726. The third kappa shape index (κ3) is 4.10. The van der Waals surface area contributed by atoms with E-state index in [1.54, 1.807) is 13.2 Å². The van der Waals surface area contributed by atoms with E-state index in [-0.39, 0.29) is 18.2 Å². The number of ether oxygens (including phenoxy) is 1. The molecule has 7 nitrogen and oxygen atoms in total. The highest BCUT2D eigenvalue weighted by atomic mass is 16.5. The van der Waals surface area contributed by atoms with Crippen LogP contribution in [0.5, 0.6) is 5.75 Å². The minimum absolute atomic E-state index is 0.0529. The molecule has 0 aliphatic carbocycles. The van der Waals surface area contributed by atoms with Gasteiger partial charge in [0.15, 0.2) is 0 Å². The molecule has 1 saturated heterocycles. The molecule has 0 unspecified atom stereocenters. The van der Waals surface area contributed by atoms with E-state index in [0.29, 0.717) is 17.4 Å². The molecule has 0 aromatic heterocycles. The van der Waals surface area contributed by atoms with Gasteiger partial charge in [-0.15, -0.1) is 0 Å². The summed E-state index contributed by atoms with van der Waals surface area (Å²) in [4.78, 5) is 31.2. The lowest BCUT2D eigenvalue weighted by Crippen LogP contribution is -2.51. The van der Waals surface area contributed by atoms with Crippen molar-refractivity contribution in [3.63, 3.8) is 0 Å². The topological polar surface area (TPSA) is 83.0 Å². The molecule has 1 fully saturated rings. The molecule has 0 radical (unpaired) electrons. The average Bonchev–Trinajstić information content (AvgIpc) is 2.62. The number of nitrogens with one attached hydrogen (secondary N) is 2. The van der Waals surface area contributed by atoms with Crippen molar-refractivity contribution in [2.24, 2.45) is 4.99 Å². The molecule has 0 spiro atoms. The number of carbonyl (C=O) groups excluding carboxylic acids is 2. The molecule has 134 valence electrons. The summed E-state index contributed by atoms with van der Waals surface area (Å²) in [7, 11) is 1.56. The number of hydrogen-bond acceptors (Lipinski definition) is 5. The van der Waals surface area contributed by atoms with Crippen molar-refractivity contribution in [3.8, 4) is 5.75 Å². The first-order valence-electron chi connectivity index (χ1n) is 8.65. The van der Waals surface area contributed by atoms with E-state index in [1.165, 1.54) is 6.42 Å². The van der Waals surface area contributed by atoms with Gasteiger partial charge in [-0.3, -0.25) is 14.9 Å². The normalized spacial score (nSPS) is 20.6. The fourth-order valence-electron chi connectivity index (χ4n) is 3.13. The smallest absolute Gasteiger partial charge is 0.249 e. The van der Waals surface area contributed by atoms with Crippen molar-refractivity contribution in [2.75, 3.05) is 25.5 Å². The van der Waals surface area contributed by atoms with Crippen LogP contribution < -0.4 is 15.4 Å². The number of piperidine rings is 1. The number of nitrogens with zero attached hydrogens (tertiary/aromatic N) is 2. The molecule has 25 heavy (non-hydrogen) atoms. The summed E-state index contributed by atoms with van der Waals surface area (Å²) >= 11 is 0. The number of methoxy groups -OCH3 is 1. The quantitative estimate of drug-likeness (QED) is 0.874. The van der Waals surface area contributed by atoms with Gasteiger partial charge in [0.05, 0.1) is 19.2 Å². The maximum atomic E-state index is 12.6. The van der Waals surface area contributed by atoms with Crippen LogP contribution in [0.4, 0.5) is 5.69 Å². The molecule has 7 heteroatoms. The van der Waals surface area contributed by atoms with Gasteiger partial charge in [0.25, 0.3) is 0 Å². The second kappa shape index (κ2) is 7.55. The van der Waals surface area contributed by atoms with Gasteiger partial charge in [0.1, 0.15) is 11.8 Å². The largest absolute Gasteiger partial charge is 0.495 e. The van der Waals surface area contributed by atoms with E-state index in [2.05, 4.69) is 15.6 Å². The summed E-state index contributed by atoms with van der Waals surface area (Å²) in [6.45, 7) is 3.66. The molecular weight excluding hydrogens is 320 g/mol. The van der Waals surface area contributed by atoms with Gasteiger partial charge in [-0.05, 0) is 43.9 Å². The maximum absolute atomic E-state index is 12.6. The number of hydrogen-bond donors (Lipinski definition) is 2. The summed E-state index contributed by atoms with van der Waals surface area (Å²) in [5, 5.41) is 5.65. The SMILES string of the molecule is COc1ccc(C)cc1NC(=O)[C@H]1CC(=O)NC(N2CCCCC2)=N1. The number of benzene rings is 1. The van der Waals surface area contributed by atoms with Gasteiger partial charge in [0.2, 0.25) is 17.8 Å². The maximum Gasteiger partial charge on any atom is 0.249 e. The Bertz CT molecular complexity index is 696. The molecule has 0 bridgehead atoms. The third-order valence-electron chi connectivity index (χ3n) is 4.48. The average molecular weight is 344 g/mol. The monoisotopic (exact) mass is 344 g/mol. The molecule has 1 atom stereocenters. The first-order valence-corrected chi connectivity index (χ1v) is 8.65. The molecule has 2 amide bonds. The molecule has 2 N–H and O–H groups in total. The summed E-state index contributed by atoms with van der Waals surface area (Å²) < 4.78 is 5.29. The summed E-state index contributed by atoms with van der Waals surface area (Å²) in [5.41, 5.74) is 1.60. The summed E-state index contributed by atoms with van der Waals surface area (Å²) in [5.74, 6) is 0.631. The van der Waals surface area contributed by atoms with Gasteiger partial charge in [-0.25, -0.2) is 4.99 Å².